The largest absolute Gasteiger partial charge is 0.379 e. The number of nitrogens with zero attached hydrogens (tertiary/aromatic N) is 1. The molecule has 0 aromatic heterocycles. The molecule has 1 nitrogen and oxygen atoms in total. The lowest BCUT2D eigenvalue weighted by Crippen LogP contribution is -2.32. The van der Waals surface area contributed by atoms with Gasteiger partial charge in [-0.3, -0.25) is 0 Å². The van der Waals surface area contributed by atoms with E-state index in [9.17, 15) is 0 Å². The Kier molecular flexibility index (Phi) is 7.34. The minimum atomic E-state index is 0.347. The van der Waals surface area contributed by atoms with Gasteiger partial charge in [0.1, 0.15) is 0 Å². The lowest BCUT2D eigenvalue weighted by molar-refractivity contribution is 0.446. The van der Waals surface area contributed by atoms with Crippen LogP contribution in [0.25, 0.3) is 0 Å². The van der Waals surface area contributed by atoms with E-state index < -0.39 is 0 Å². The minimum Gasteiger partial charge on any atom is -0.323 e. The van der Waals surface area contributed by atoms with Gasteiger partial charge >= 0.3 is 4.50 Å². The van der Waals surface area contributed by atoms with E-state index in [0.717, 1.165) is 13.1 Å². The molecule has 0 aromatic carbocycles. The highest BCUT2D eigenvalue weighted by Gasteiger charge is 2.13. The zero-order chi connectivity index (χ0) is 7.98. The Bertz CT molecular complexity index is 74.1. The standard InChI is InChI=1S/C6H14BBr2N/c1-3-5-10(6-4-2)7(8)9/h3-6H2,1-2H3. The van der Waals surface area contributed by atoms with E-state index in [-0.39, 0.29) is 0 Å². The summed E-state index contributed by atoms with van der Waals surface area (Å²) >= 11 is 6.97. The van der Waals surface area contributed by atoms with Crippen LogP contribution >= 0.6 is 31.5 Å². The third-order valence-electron chi connectivity index (χ3n) is 1.30. The number of hydrogen-bond acceptors (Lipinski definition) is 1. The first-order chi connectivity index (χ1) is 4.72. The van der Waals surface area contributed by atoms with Crippen LogP contribution in [-0.2, 0) is 0 Å². The Hall–Kier alpha value is 0.985. The fraction of sp³-hybridized carbons (Fsp3) is 1.00. The Morgan fingerprint density at radius 1 is 1.10 bits per heavy atom. The zero-order valence-corrected chi connectivity index (χ0v) is 9.78. The van der Waals surface area contributed by atoms with Gasteiger partial charge in [0, 0.05) is 0 Å². The number of rotatable bonds is 5. The molecular formula is C6H14BBr2N. The number of halogens is 2. The second-order valence-corrected chi connectivity index (χ2v) is 5.28. The molecule has 4 heteroatoms. The fourth-order valence-electron chi connectivity index (χ4n) is 0.881. The Morgan fingerprint density at radius 3 is 1.70 bits per heavy atom. The van der Waals surface area contributed by atoms with Gasteiger partial charge < -0.3 is 4.81 Å². The summed E-state index contributed by atoms with van der Waals surface area (Å²) < 4.78 is 0.347. The van der Waals surface area contributed by atoms with Crippen molar-refractivity contribution in [2.45, 2.75) is 26.7 Å². The Labute approximate surface area is 80.6 Å². The van der Waals surface area contributed by atoms with Crippen LogP contribution in [0.2, 0.25) is 0 Å². The van der Waals surface area contributed by atoms with Crippen molar-refractivity contribution < 1.29 is 0 Å². The molecule has 0 bridgehead atoms. The average molecular weight is 271 g/mol. The highest BCUT2D eigenvalue weighted by molar-refractivity contribution is 9.48. The summed E-state index contributed by atoms with van der Waals surface area (Å²) in [5.41, 5.74) is 0. The van der Waals surface area contributed by atoms with E-state index in [1.165, 1.54) is 12.8 Å². The molecule has 0 aliphatic rings. The van der Waals surface area contributed by atoms with Crippen LogP contribution in [-0.4, -0.2) is 22.4 Å². The van der Waals surface area contributed by atoms with Gasteiger partial charge in [0.15, 0.2) is 0 Å². The molecule has 0 aliphatic heterocycles. The number of hydrogen-bond donors (Lipinski definition) is 0. The van der Waals surface area contributed by atoms with Crippen LogP contribution in [0, 0.1) is 0 Å². The molecule has 0 atom stereocenters. The van der Waals surface area contributed by atoms with E-state index in [1.807, 2.05) is 0 Å². The summed E-state index contributed by atoms with van der Waals surface area (Å²) in [6, 6.07) is 0. The molecule has 0 aliphatic carbocycles. The van der Waals surface area contributed by atoms with Crippen LogP contribution < -0.4 is 0 Å². The van der Waals surface area contributed by atoms with Gasteiger partial charge in [-0.1, -0.05) is 13.8 Å². The van der Waals surface area contributed by atoms with Crippen molar-refractivity contribution in [3.05, 3.63) is 0 Å². The predicted octanol–water partition coefficient (Wildman–Crippen LogP) is 2.88. The van der Waals surface area contributed by atoms with Gasteiger partial charge in [-0.15, -0.1) is 31.5 Å². The molecule has 0 spiro atoms. The molecule has 10 heavy (non-hydrogen) atoms. The van der Waals surface area contributed by atoms with Crippen LogP contribution in [0.5, 0.6) is 0 Å². The van der Waals surface area contributed by atoms with E-state index in [4.69, 9.17) is 0 Å². The third kappa shape index (κ3) is 4.75. The Balaban J connectivity index is 3.50. The molecule has 0 saturated heterocycles. The van der Waals surface area contributed by atoms with E-state index >= 15 is 0 Å². The van der Waals surface area contributed by atoms with Gasteiger partial charge in [-0.05, 0) is 25.9 Å². The first-order valence-corrected chi connectivity index (χ1v) is 5.57. The minimum absolute atomic E-state index is 0.347. The molecule has 0 radical (unpaired) electrons. The second-order valence-electron chi connectivity index (χ2n) is 2.31. The highest BCUT2D eigenvalue weighted by atomic mass is 79.9. The van der Waals surface area contributed by atoms with E-state index in [0.29, 0.717) is 4.50 Å². The van der Waals surface area contributed by atoms with Gasteiger partial charge in [-0.25, -0.2) is 0 Å². The predicted molar refractivity (Wildman–Crippen MR) is 55.8 cm³/mol. The molecule has 0 unspecified atom stereocenters. The topological polar surface area (TPSA) is 3.24 Å². The van der Waals surface area contributed by atoms with Crippen molar-refractivity contribution in [3.8, 4) is 0 Å². The summed E-state index contributed by atoms with van der Waals surface area (Å²) in [5, 5.41) is 0. The van der Waals surface area contributed by atoms with Crippen LogP contribution in [0.1, 0.15) is 26.7 Å². The summed E-state index contributed by atoms with van der Waals surface area (Å²) in [5.74, 6) is 0. The van der Waals surface area contributed by atoms with Crippen molar-refractivity contribution in [1.29, 1.82) is 0 Å². The SMILES string of the molecule is CCCN(CCC)B(Br)Br. The lowest BCUT2D eigenvalue weighted by Gasteiger charge is -2.20. The molecule has 0 rings (SSSR count). The first kappa shape index (κ1) is 11.0. The van der Waals surface area contributed by atoms with Crippen molar-refractivity contribution in [1.82, 2.24) is 4.81 Å². The quantitative estimate of drug-likeness (QED) is 0.695. The molecular weight excluding hydrogens is 257 g/mol. The molecule has 0 N–H and O–H groups in total. The van der Waals surface area contributed by atoms with E-state index in [2.05, 4.69) is 50.2 Å². The molecule has 0 amide bonds. The van der Waals surface area contributed by atoms with E-state index in [1.54, 1.807) is 0 Å². The van der Waals surface area contributed by atoms with Gasteiger partial charge in [0.2, 0.25) is 0 Å². The maximum atomic E-state index is 3.49. The summed E-state index contributed by atoms with van der Waals surface area (Å²) in [7, 11) is 0. The summed E-state index contributed by atoms with van der Waals surface area (Å²) in [4.78, 5) is 2.36. The second kappa shape index (κ2) is 6.68. The van der Waals surface area contributed by atoms with Crippen molar-refractivity contribution in [2.24, 2.45) is 0 Å². The van der Waals surface area contributed by atoms with Crippen LogP contribution in [0.15, 0.2) is 0 Å². The highest BCUT2D eigenvalue weighted by Crippen LogP contribution is 2.10. The maximum Gasteiger partial charge on any atom is 0.379 e. The molecule has 0 heterocycles. The van der Waals surface area contributed by atoms with Gasteiger partial charge in [-0.2, -0.15) is 0 Å². The summed E-state index contributed by atoms with van der Waals surface area (Å²) in [6.07, 6.45) is 2.43. The molecule has 0 fully saturated rings. The van der Waals surface area contributed by atoms with Crippen molar-refractivity contribution in [3.63, 3.8) is 0 Å². The van der Waals surface area contributed by atoms with Crippen molar-refractivity contribution >= 4 is 36.0 Å². The zero-order valence-electron chi connectivity index (χ0n) is 6.61. The van der Waals surface area contributed by atoms with Crippen LogP contribution in [0.3, 0.4) is 0 Å². The smallest absolute Gasteiger partial charge is 0.323 e. The monoisotopic (exact) mass is 269 g/mol. The molecule has 0 saturated carbocycles. The van der Waals surface area contributed by atoms with Gasteiger partial charge in [0.05, 0.1) is 0 Å². The molecule has 60 valence electrons. The maximum absolute atomic E-state index is 3.49. The Morgan fingerprint density at radius 2 is 1.50 bits per heavy atom. The normalized spacial score (nSPS) is 10.5. The first-order valence-electron chi connectivity index (χ1n) is 3.74. The van der Waals surface area contributed by atoms with Crippen molar-refractivity contribution in [2.75, 3.05) is 13.1 Å². The third-order valence-corrected chi connectivity index (χ3v) is 2.46. The molecule has 0 aromatic rings. The van der Waals surface area contributed by atoms with Crippen LogP contribution in [0.4, 0.5) is 0 Å². The van der Waals surface area contributed by atoms with Gasteiger partial charge in [0.25, 0.3) is 0 Å². The lowest BCUT2D eigenvalue weighted by atomic mass is 10.2. The fourth-order valence-corrected chi connectivity index (χ4v) is 1.70. The summed E-state index contributed by atoms with van der Waals surface area (Å²) in [6.45, 7) is 6.72. The average Bonchev–Trinajstić information content (AvgIpc) is 1.87.